The van der Waals surface area contributed by atoms with Crippen molar-refractivity contribution < 1.29 is 14.3 Å². The van der Waals surface area contributed by atoms with Gasteiger partial charge in [-0.1, -0.05) is 30.9 Å². The van der Waals surface area contributed by atoms with Crippen LogP contribution in [-0.2, 0) is 9.53 Å². The van der Waals surface area contributed by atoms with Crippen molar-refractivity contribution in [2.24, 2.45) is 0 Å². The van der Waals surface area contributed by atoms with E-state index in [1.165, 1.54) is 0 Å². The highest BCUT2D eigenvalue weighted by atomic mass is 16.6. The van der Waals surface area contributed by atoms with Crippen LogP contribution in [0.15, 0.2) is 23.8 Å². The SMILES string of the molecule is C#C/C(=C\C=C/C)[C@@H](NC(=O)NC1CCCC1)C(=O)OC(C)(C)C. The van der Waals surface area contributed by atoms with Crippen molar-refractivity contribution in [2.75, 3.05) is 0 Å². The second-order valence-electron chi connectivity index (χ2n) is 6.86. The van der Waals surface area contributed by atoms with Gasteiger partial charge in [-0.15, -0.1) is 6.42 Å². The summed E-state index contributed by atoms with van der Waals surface area (Å²) in [4.78, 5) is 24.7. The number of nitrogens with one attached hydrogen (secondary N) is 2. The third-order valence-corrected chi connectivity index (χ3v) is 3.55. The van der Waals surface area contributed by atoms with Crippen LogP contribution < -0.4 is 10.6 Å². The van der Waals surface area contributed by atoms with E-state index in [0.29, 0.717) is 5.57 Å². The Morgan fingerprint density at radius 2 is 1.92 bits per heavy atom. The van der Waals surface area contributed by atoms with Gasteiger partial charge >= 0.3 is 12.0 Å². The lowest BCUT2D eigenvalue weighted by molar-refractivity contribution is -0.155. The Morgan fingerprint density at radius 3 is 2.42 bits per heavy atom. The van der Waals surface area contributed by atoms with Gasteiger partial charge in [0.05, 0.1) is 0 Å². The van der Waals surface area contributed by atoms with E-state index in [9.17, 15) is 9.59 Å². The molecule has 1 aliphatic rings. The van der Waals surface area contributed by atoms with Crippen molar-refractivity contribution >= 4 is 12.0 Å². The van der Waals surface area contributed by atoms with Gasteiger partial charge < -0.3 is 15.4 Å². The van der Waals surface area contributed by atoms with Gasteiger partial charge in [-0.25, -0.2) is 9.59 Å². The largest absolute Gasteiger partial charge is 0.458 e. The molecule has 0 heterocycles. The highest BCUT2D eigenvalue weighted by Crippen LogP contribution is 2.18. The van der Waals surface area contributed by atoms with E-state index in [1.807, 2.05) is 6.92 Å². The zero-order valence-corrected chi connectivity index (χ0v) is 15.0. The molecule has 0 radical (unpaired) electrons. The summed E-state index contributed by atoms with van der Waals surface area (Å²) in [7, 11) is 0. The lowest BCUT2D eigenvalue weighted by atomic mass is 10.1. The maximum atomic E-state index is 12.5. The highest BCUT2D eigenvalue weighted by molar-refractivity contribution is 5.87. The van der Waals surface area contributed by atoms with Gasteiger partial charge in [0, 0.05) is 11.6 Å². The molecule has 1 rings (SSSR count). The summed E-state index contributed by atoms with van der Waals surface area (Å²) in [5.74, 6) is 1.90. The monoisotopic (exact) mass is 332 g/mol. The first kappa shape index (κ1) is 19.8. The van der Waals surface area contributed by atoms with E-state index in [2.05, 4.69) is 16.6 Å². The zero-order chi connectivity index (χ0) is 18.2. The minimum absolute atomic E-state index is 0.151. The van der Waals surface area contributed by atoms with Crippen LogP contribution >= 0.6 is 0 Å². The van der Waals surface area contributed by atoms with Crippen molar-refractivity contribution in [2.45, 2.75) is 71.1 Å². The number of hydrogen-bond acceptors (Lipinski definition) is 3. The number of amides is 2. The number of hydrogen-bond donors (Lipinski definition) is 2. The summed E-state index contributed by atoms with van der Waals surface area (Å²) < 4.78 is 5.39. The first-order valence-electron chi connectivity index (χ1n) is 8.36. The Hall–Kier alpha value is -2.22. The lowest BCUT2D eigenvalue weighted by Gasteiger charge is -2.25. The van der Waals surface area contributed by atoms with Gasteiger partial charge in [0.2, 0.25) is 0 Å². The molecule has 0 saturated heterocycles. The maximum Gasteiger partial charge on any atom is 0.334 e. The van der Waals surface area contributed by atoms with E-state index in [-0.39, 0.29) is 6.04 Å². The molecule has 1 atom stereocenters. The summed E-state index contributed by atoms with van der Waals surface area (Å²) in [6, 6.07) is -1.26. The van der Waals surface area contributed by atoms with E-state index in [0.717, 1.165) is 25.7 Å². The number of rotatable bonds is 5. The van der Waals surface area contributed by atoms with Gasteiger partial charge in [-0.3, -0.25) is 0 Å². The van der Waals surface area contributed by atoms with Crippen molar-refractivity contribution in [3.8, 4) is 12.3 Å². The third-order valence-electron chi connectivity index (χ3n) is 3.55. The number of urea groups is 1. The van der Waals surface area contributed by atoms with Crippen LogP contribution in [0.3, 0.4) is 0 Å². The molecule has 5 heteroatoms. The highest BCUT2D eigenvalue weighted by Gasteiger charge is 2.30. The standard InChI is InChI=1S/C19H28N2O3/c1-6-8-11-14(7-2)16(17(22)24-19(3,4)5)21-18(23)20-15-12-9-10-13-15/h2,6,8,11,15-16H,9-10,12-13H2,1,3-5H3,(H2,20,21,23)/b8-6-,14-11+/t16-/m1/s1. The Labute approximate surface area is 144 Å². The Balaban J connectivity index is 2.88. The predicted octanol–water partition coefficient (Wildman–Crippen LogP) is 3.07. The molecule has 5 nitrogen and oxygen atoms in total. The normalized spacial score (nSPS) is 17.4. The van der Waals surface area contributed by atoms with E-state index in [4.69, 9.17) is 11.2 Å². The van der Waals surface area contributed by atoms with Gasteiger partial charge in [-0.05, 0) is 46.6 Å². The fourth-order valence-corrected chi connectivity index (χ4v) is 2.48. The summed E-state index contributed by atoms with van der Waals surface area (Å²) >= 11 is 0. The molecule has 2 amide bonds. The van der Waals surface area contributed by atoms with Crippen LogP contribution in [0.25, 0.3) is 0 Å². The zero-order valence-electron chi connectivity index (χ0n) is 15.0. The molecule has 0 aromatic carbocycles. The van der Waals surface area contributed by atoms with Crippen LogP contribution in [0.2, 0.25) is 0 Å². The quantitative estimate of drug-likeness (QED) is 0.462. The molecule has 0 aliphatic heterocycles. The molecule has 132 valence electrons. The third kappa shape index (κ3) is 6.91. The van der Waals surface area contributed by atoms with Crippen LogP contribution in [0, 0.1) is 12.3 Å². The van der Waals surface area contributed by atoms with Crippen molar-refractivity contribution in [1.29, 1.82) is 0 Å². The average Bonchev–Trinajstić information content (AvgIpc) is 2.97. The molecular formula is C19H28N2O3. The minimum Gasteiger partial charge on any atom is -0.458 e. The first-order valence-corrected chi connectivity index (χ1v) is 8.36. The summed E-state index contributed by atoms with van der Waals surface area (Å²) in [6.45, 7) is 7.15. The number of ether oxygens (including phenoxy) is 1. The molecule has 1 aliphatic carbocycles. The number of carbonyl (C=O) groups is 2. The van der Waals surface area contributed by atoms with Gasteiger partial charge in [0.25, 0.3) is 0 Å². The summed E-state index contributed by atoms with van der Waals surface area (Å²) in [5.41, 5.74) is -0.317. The lowest BCUT2D eigenvalue weighted by Crippen LogP contribution is -2.50. The molecule has 0 unspecified atom stereocenters. The van der Waals surface area contributed by atoms with Gasteiger partial charge in [0.1, 0.15) is 5.60 Å². The molecule has 2 N–H and O–H groups in total. The number of esters is 1. The second kappa shape index (κ2) is 9.17. The van der Waals surface area contributed by atoms with Gasteiger partial charge in [-0.2, -0.15) is 0 Å². The van der Waals surface area contributed by atoms with E-state index >= 15 is 0 Å². The molecule has 0 spiro atoms. The van der Waals surface area contributed by atoms with Crippen molar-refractivity contribution in [3.05, 3.63) is 23.8 Å². The van der Waals surface area contributed by atoms with E-state index in [1.54, 1.807) is 39.0 Å². The average molecular weight is 332 g/mol. The predicted molar refractivity (Wildman–Crippen MR) is 95.3 cm³/mol. The van der Waals surface area contributed by atoms with Crippen LogP contribution in [0.5, 0.6) is 0 Å². The molecule has 1 saturated carbocycles. The number of allylic oxidation sites excluding steroid dienone is 3. The Kier molecular flexibility index (Phi) is 7.57. The fourth-order valence-electron chi connectivity index (χ4n) is 2.48. The molecular weight excluding hydrogens is 304 g/mol. The molecule has 0 aromatic heterocycles. The van der Waals surface area contributed by atoms with Crippen LogP contribution in [0.4, 0.5) is 4.79 Å². The minimum atomic E-state index is -1.01. The Bertz CT molecular complexity index is 544. The molecule has 0 aromatic rings. The maximum absolute atomic E-state index is 12.5. The number of terminal acetylenes is 1. The van der Waals surface area contributed by atoms with Gasteiger partial charge in [0.15, 0.2) is 6.04 Å². The molecule has 0 bridgehead atoms. The molecule has 1 fully saturated rings. The van der Waals surface area contributed by atoms with Crippen LogP contribution in [0.1, 0.15) is 53.4 Å². The van der Waals surface area contributed by atoms with Crippen molar-refractivity contribution in [1.82, 2.24) is 10.6 Å². The summed E-state index contributed by atoms with van der Waals surface area (Å²) in [6.07, 6.45) is 14.8. The number of carbonyl (C=O) groups excluding carboxylic acids is 2. The van der Waals surface area contributed by atoms with Crippen molar-refractivity contribution in [3.63, 3.8) is 0 Å². The fraction of sp³-hybridized carbons (Fsp3) is 0.579. The van der Waals surface area contributed by atoms with E-state index < -0.39 is 23.6 Å². The summed E-state index contributed by atoms with van der Waals surface area (Å²) in [5, 5.41) is 5.55. The van der Waals surface area contributed by atoms with Crippen LogP contribution in [-0.4, -0.2) is 29.7 Å². The second-order valence-corrected chi connectivity index (χ2v) is 6.86. The molecule has 24 heavy (non-hydrogen) atoms. The Morgan fingerprint density at radius 1 is 1.29 bits per heavy atom. The first-order chi connectivity index (χ1) is 11.3. The topological polar surface area (TPSA) is 67.4 Å². The smallest absolute Gasteiger partial charge is 0.334 e.